The Morgan fingerprint density at radius 1 is 1.17 bits per heavy atom. The van der Waals surface area contributed by atoms with Crippen molar-refractivity contribution in [2.24, 2.45) is 0 Å². The van der Waals surface area contributed by atoms with E-state index in [1.54, 1.807) is 18.2 Å². The Hall–Kier alpha value is -2.47. The molecule has 4 nitrogen and oxygen atoms in total. The Morgan fingerprint density at radius 2 is 1.96 bits per heavy atom. The van der Waals surface area contributed by atoms with Gasteiger partial charge in [0.2, 0.25) is 0 Å². The molecule has 1 heterocycles. The van der Waals surface area contributed by atoms with E-state index in [2.05, 4.69) is 10.2 Å². The molecular weight excluding hydrogens is 327 g/mol. The fourth-order valence-corrected chi connectivity index (χ4v) is 2.99. The summed E-state index contributed by atoms with van der Waals surface area (Å²) in [6, 6.07) is 11.9. The molecule has 0 N–H and O–H groups in total. The van der Waals surface area contributed by atoms with E-state index in [0.717, 1.165) is 22.9 Å². The van der Waals surface area contributed by atoms with E-state index in [1.165, 1.54) is 6.07 Å². The first-order valence-corrected chi connectivity index (χ1v) is 8.35. The average molecular weight is 342 g/mol. The zero-order valence-electron chi connectivity index (χ0n) is 13.2. The molecule has 0 saturated heterocycles. The summed E-state index contributed by atoms with van der Waals surface area (Å²) in [5.74, 6) is -0.148. The summed E-state index contributed by atoms with van der Waals surface area (Å²) in [6.45, 7) is 3.90. The molecular formula is C18H15FN2O2S. The molecule has 0 saturated carbocycles. The monoisotopic (exact) mass is 342 g/mol. The Morgan fingerprint density at radius 3 is 2.71 bits per heavy atom. The third-order valence-electron chi connectivity index (χ3n) is 3.52. The lowest BCUT2D eigenvalue weighted by Crippen LogP contribution is -2.04. The van der Waals surface area contributed by atoms with Gasteiger partial charge in [-0.1, -0.05) is 47.7 Å². The molecule has 6 heteroatoms. The Balaban J connectivity index is 1.69. The van der Waals surface area contributed by atoms with E-state index >= 15 is 0 Å². The Labute approximate surface area is 143 Å². The maximum absolute atomic E-state index is 13.7. The van der Waals surface area contributed by atoms with Gasteiger partial charge in [0, 0.05) is 5.56 Å². The van der Waals surface area contributed by atoms with Crippen molar-refractivity contribution in [1.82, 2.24) is 10.2 Å². The van der Waals surface area contributed by atoms with E-state index in [-0.39, 0.29) is 28.2 Å². The number of carbonyl (C=O) groups excluding carboxylic acids is 1. The van der Waals surface area contributed by atoms with Crippen LogP contribution in [0.4, 0.5) is 4.39 Å². The highest BCUT2D eigenvalue weighted by Crippen LogP contribution is 2.25. The van der Waals surface area contributed by atoms with Crippen LogP contribution >= 0.6 is 11.8 Å². The molecule has 122 valence electrons. The number of hydrogen-bond donors (Lipinski definition) is 0. The number of halogens is 1. The highest BCUT2D eigenvalue weighted by molar-refractivity contribution is 7.99. The van der Waals surface area contributed by atoms with Gasteiger partial charge >= 0.3 is 0 Å². The van der Waals surface area contributed by atoms with Gasteiger partial charge in [-0.2, -0.15) is 0 Å². The summed E-state index contributed by atoms with van der Waals surface area (Å²) in [6.07, 6.45) is 0. The second kappa shape index (κ2) is 6.97. The molecule has 3 aromatic rings. The van der Waals surface area contributed by atoms with Crippen molar-refractivity contribution in [2.75, 3.05) is 5.75 Å². The topological polar surface area (TPSA) is 56.0 Å². The van der Waals surface area contributed by atoms with Crippen LogP contribution in [0.3, 0.4) is 0 Å². The number of thioether (sulfide) groups is 1. The van der Waals surface area contributed by atoms with Gasteiger partial charge in [0.05, 0.1) is 11.3 Å². The molecule has 0 aliphatic rings. The number of carbonyl (C=O) groups is 1. The zero-order valence-corrected chi connectivity index (χ0v) is 14.1. The van der Waals surface area contributed by atoms with Crippen molar-refractivity contribution in [3.05, 3.63) is 65.0 Å². The van der Waals surface area contributed by atoms with Crippen LogP contribution in [0.5, 0.6) is 0 Å². The molecule has 0 radical (unpaired) electrons. The summed E-state index contributed by atoms with van der Waals surface area (Å²) in [7, 11) is 0. The average Bonchev–Trinajstić information content (AvgIpc) is 3.02. The lowest BCUT2D eigenvalue weighted by Gasteiger charge is -2.04. The van der Waals surface area contributed by atoms with Crippen LogP contribution in [-0.2, 0) is 0 Å². The van der Waals surface area contributed by atoms with Crippen LogP contribution in [0, 0.1) is 19.7 Å². The highest BCUT2D eigenvalue weighted by atomic mass is 32.2. The summed E-state index contributed by atoms with van der Waals surface area (Å²) in [4.78, 5) is 12.3. The molecule has 24 heavy (non-hydrogen) atoms. The third-order valence-corrected chi connectivity index (χ3v) is 4.34. The number of aryl methyl sites for hydroxylation is 2. The first-order chi connectivity index (χ1) is 11.5. The first kappa shape index (κ1) is 16.4. The number of rotatable bonds is 5. The molecule has 0 amide bonds. The van der Waals surface area contributed by atoms with E-state index in [0.29, 0.717) is 5.56 Å². The molecule has 0 aliphatic heterocycles. The molecule has 0 bridgehead atoms. The van der Waals surface area contributed by atoms with Crippen molar-refractivity contribution in [3.63, 3.8) is 0 Å². The summed E-state index contributed by atoms with van der Waals surface area (Å²) in [5.41, 5.74) is 2.99. The van der Waals surface area contributed by atoms with Crippen molar-refractivity contribution in [3.8, 4) is 11.5 Å². The molecule has 1 aromatic heterocycles. The van der Waals surface area contributed by atoms with Crippen LogP contribution in [0.1, 0.15) is 21.5 Å². The number of aromatic nitrogens is 2. The summed E-state index contributed by atoms with van der Waals surface area (Å²) >= 11 is 1.15. The second-order valence-electron chi connectivity index (χ2n) is 5.38. The SMILES string of the molecule is Cc1ccc(C(=O)CSc2nnc(-c3ccccc3F)o2)c(C)c1. The van der Waals surface area contributed by atoms with Crippen molar-refractivity contribution < 1.29 is 13.6 Å². The van der Waals surface area contributed by atoms with Gasteiger partial charge in [-0.05, 0) is 31.5 Å². The van der Waals surface area contributed by atoms with E-state index in [4.69, 9.17) is 4.42 Å². The van der Waals surface area contributed by atoms with Crippen molar-refractivity contribution >= 4 is 17.5 Å². The van der Waals surface area contributed by atoms with Gasteiger partial charge in [0.25, 0.3) is 11.1 Å². The summed E-state index contributed by atoms with van der Waals surface area (Å²) in [5, 5.41) is 7.94. The zero-order chi connectivity index (χ0) is 17.1. The minimum Gasteiger partial charge on any atom is -0.411 e. The minimum absolute atomic E-state index is 0.0110. The smallest absolute Gasteiger partial charge is 0.277 e. The molecule has 0 aliphatic carbocycles. The molecule has 0 spiro atoms. The predicted molar refractivity (Wildman–Crippen MR) is 90.7 cm³/mol. The van der Waals surface area contributed by atoms with Gasteiger partial charge in [-0.3, -0.25) is 4.79 Å². The van der Waals surface area contributed by atoms with Crippen LogP contribution in [-0.4, -0.2) is 21.7 Å². The van der Waals surface area contributed by atoms with Crippen molar-refractivity contribution in [1.29, 1.82) is 0 Å². The lowest BCUT2D eigenvalue weighted by molar-refractivity contribution is 0.102. The van der Waals surface area contributed by atoms with Gasteiger partial charge in [0.1, 0.15) is 5.82 Å². The number of nitrogens with zero attached hydrogens (tertiary/aromatic N) is 2. The Bertz CT molecular complexity index is 892. The molecule has 3 rings (SSSR count). The van der Waals surface area contributed by atoms with Gasteiger partial charge in [-0.15, -0.1) is 10.2 Å². The number of Topliss-reactive ketones (excluding diaryl/α,β-unsaturated/α-hetero) is 1. The third kappa shape index (κ3) is 3.54. The fourth-order valence-electron chi connectivity index (χ4n) is 2.34. The summed E-state index contributed by atoms with van der Waals surface area (Å²) < 4.78 is 19.1. The maximum atomic E-state index is 13.7. The highest BCUT2D eigenvalue weighted by Gasteiger charge is 2.15. The largest absolute Gasteiger partial charge is 0.411 e. The van der Waals surface area contributed by atoms with Crippen LogP contribution < -0.4 is 0 Å². The fraction of sp³-hybridized carbons (Fsp3) is 0.167. The van der Waals surface area contributed by atoms with Gasteiger partial charge in [0.15, 0.2) is 5.78 Å². The normalized spacial score (nSPS) is 10.8. The van der Waals surface area contributed by atoms with E-state index in [9.17, 15) is 9.18 Å². The van der Waals surface area contributed by atoms with Gasteiger partial charge < -0.3 is 4.42 Å². The van der Waals surface area contributed by atoms with Crippen molar-refractivity contribution in [2.45, 2.75) is 19.1 Å². The van der Waals surface area contributed by atoms with Gasteiger partial charge in [-0.25, -0.2) is 4.39 Å². The molecule has 0 unspecified atom stereocenters. The first-order valence-electron chi connectivity index (χ1n) is 7.36. The lowest BCUT2D eigenvalue weighted by atomic mass is 10.0. The van der Waals surface area contributed by atoms with E-state index < -0.39 is 5.82 Å². The Kier molecular flexibility index (Phi) is 4.76. The molecule has 0 fully saturated rings. The number of hydrogen-bond acceptors (Lipinski definition) is 5. The minimum atomic E-state index is -0.427. The second-order valence-corrected chi connectivity index (χ2v) is 6.31. The van der Waals surface area contributed by atoms with Crippen LogP contribution in [0.2, 0.25) is 0 Å². The molecule has 0 atom stereocenters. The predicted octanol–water partition coefficient (Wildman–Crippen LogP) is 4.47. The van der Waals surface area contributed by atoms with E-state index in [1.807, 2.05) is 32.0 Å². The maximum Gasteiger partial charge on any atom is 0.277 e. The number of ketones is 1. The molecule has 2 aromatic carbocycles. The van der Waals surface area contributed by atoms with Crippen LogP contribution in [0.15, 0.2) is 52.1 Å². The number of benzene rings is 2. The van der Waals surface area contributed by atoms with Crippen LogP contribution in [0.25, 0.3) is 11.5 Å². The quantitative estimate of drug-likeness (QED) is 0.506. The standard InChI is InChI=1S/C18H15FN2O2S/c1-11-7-8-13(12(2)9-11)16(22)10-24-18-21-20-17(23-18)14-5-3-4-6-15(14)19/h3-9H,10H2,1-2H3.